The lowest BCUT2D eigenvalue weighted by Gasteiger charge is -1.96. The molecule has 0 bridgehead atoms. The van der Waals surface area contributed by atoms with E-state index in [1.807, 2.05) is 0 Å². The summed E-state index contributed by atoms with van der Waals surface area (Å²) in [6.07, 6.45) is 1.40. The van der Waals surface area contributed by atoms with E-state index in [9.17, 15) is 14.9 Å². The number of aromatic nitrogens is 2. The van der Waals surface area contributed by atoms with Crippen molar-refractivity contribution in [1.82, 2.24) is 10.2 Å². The highest BCUT2D eigenvalue weighted by Crippen LogP contribution is 2.27. The maximum absolute atomic E-state index is 11.8. The van der Waals surface area contributed by atoms with Crippen LogP contribution >= 0.6 is 11.3 Å². The molecule has 9 heteroatoms. The van der Waals surface area contributed by atoms with E-state index in [1.165, 1.54) is 24.5 Å². The van der Waals surface area contributed by atoms with Crippen LogP contribution in [0.25, 0.3) is 10.6 Å². The lowest BCUT2D eigenvalue weighted by atomic mass is 10.2. The molecule has 2 heterocycles. The SMILES string of the molecule is O=C(Nc1nnc(-c2ccc([N+](=O)[O-])cc2)s1)c1ccco1. The third-order valence-electron chi connectivity index (χ3n) is 2.72. The van der Waals surface area contributed by atoms with Crippen molar-refractivity contribution in [3.8, 4) is 10.6 Å². The second-order valence-electron chi connectivity index (χ2n) is 4.15. The Balaban J connectivity index is 1.76. The molecule has 0 radical (unpaired) electrons. The summed E-state index contributed by atoms with van der Waals surface area (Å²) in [5, 5.41) is 21.8. The van der Waals surface area contributed by atoms with Crippen molar-refractivity contribution < 1.29 is 14.1 Å². The van der Waals surface area contributed by atoms with Gasteiger partial charge in [0.05, 0.1) is 11.2 Å². The van der Waals surface area contributed by atoms with Crippen molar-refractivity contribution in [2.45, 2.75) is 0 Å². The van der Waals surface area contributed by atoms with E-state index < -0.39 is 10.8 Å². The number of carbonyl (C=O) groups excluding carboxylic acids is 1. The van der Waals surface area contributed by atoms with Gasteiger partial charge < -0.3 is 4.42 Å². The zero-order valence-electron chi connectivity index (χ0n) is 10.9. The first kappa shape index (κ1) is 13.9. The number of anilines is 1. The number of nitrogens with one attached hydrogen (secondary N) is 1. The molecule has 0 aliphatic carbocycles. The summed E-state index contributed by atoms with van der Waals surface area (Å²) < 4.78 is 4.98. The summed E-state index contributed by atoms with van der Waals surface area (Å²) in [5.41, 5.74) is 0.682. The van der Waals surface area contributed by atoms with Crippen LogP contribution < -0.4 is 5.32 Å². The molecule has 110 valence electrons. The van der Waals surface area contributed by atoms with Gasteiger partial charge in [-0.05, 0) is 24.3 Å². The van der Waals surface area contributed by atoms with Crippen molar-refractivity contribution in [3.05, 3.63) is 58.5 Å². The number of non-ortho nitro benzene ring substituents is 1. The van der Waals surface area contributed by atoms with Crippen LogP contribution in [0, 0.1) is 10.1 Å². The Kier molecular flexibility index (Phi) is 3.62. The first-order valence-electron chi connectivity index (χ1n) is 6.06. The summed E-state index contributed by atoms with van der Waals surface area (Å²) >= 11 is 1.16. The van der Waals surface area contributed by atoms with Gasteiger partial charge in [0.2, 0.25) is 5.13 Å². The van der Waals surface area contributed by atoms with Gasteiger partial charge in [-0.15, -0.1) is 10.2 Å². The number of hydrogen-bond acceptors (Lipinski definition) is 7. The molecule has 0 aliphatic heterocycles. The van der Waals surface area contributed by atoms with Crippen molar-refractivity contribution >= 4 is 28.1 Å². The number of rotatable bonds is 4. The Bertz CT molecular complexity index is 811. The quantitative estimate of drug-likeness (QED) is 0.585. The zero-order chi connectivity index (χ0) is 15.5. The number of hydrogen-bond donors (Lipinski definition) is 1. The Hall–Kier alpha value is -3.07. The molecule has 0 unspecified atom stereocenters. The van der Waals surface area contributed by atoms with Crippen LogP contribution in [0.5, 0.6) is 0 Å². The fourth-order valence-electron chi connectivity index (χ4n) is 1.68. The second-order valence-corrected chi connectivity index (χ2v) is 5.13. The van der Waals surface area contributed by atoms with Crippen LogP contribution in [-0.2, 0) is 0 Å². The minimum Gasteiger partial charge on any atom is -0.459 e. The predicted molar refractivity (Wildman–Crippen MR) is 78.7 cm³/mol. The van der Waals surface area contributed by atoms with Crippen LogP contribution in [0.1, 0.15) is 10.6 Å². The molecule has 22 heavy (non-hydrogen) atoms. The summed E-state index contributed by atoms with van der Waals surface area (Å²) in [4.78, 5) is 21.9. The first-order valence-corrected chi connectivity index (χ1v) is 6.88. The van der Waals surface area contributed by atoms with Gasteiger partial charge >= 0.3 is 0 Å². The monoisotopic (exact) mass is 316 g/mol. The summed E-state index contributed by atoms with van der Waals surface area (Å²) in [5.74, 6) is -0.247. The third-order valence-corrected chi connectivity index (χ3v) is 3.60. The number of nitro benzene ring substituents is 1. The lowest BCUT2D eigenvalue weighted by molar-refractivity contribution is -0.384. The van der Waals surface area contributed by atoms with Crippen molar-refractivity contribution in [3.63, 3.8) is 0 Å². The van der Waals surface area contributed by atoms with Gasteiger partial charge in [-0.1, -0.05) is 11.3 Å². The summed E-state index contributed by atoms with van der Waals surface area (Å²) in [6, 6.07) is 9.08. The standard InChI is InChI=1S/C13H8N4O4S/c18-11(10-2-1-7-21-10)14-13-16-15-12(22-13)8-3-5-9(6-4-8)17(19)20/h1-7H,(H,14,16,18). The molecule has 0 spiro atoms. The first-order chi connectivity index (χ1) is 10.6. The molecule has 3 rings (SSSR count). The molecule has 0 atom stereocenters. The molecule has 1 aromatic carbocycles. The maximum Gasteiger partial charge on any atom is 0.293 e. The number of amides is 1. The number of carbonyl (C=O) groups is 1. The van der Waals surface area contributed by atoms with Crippen LogP contribution in [0.15, 0.2) is 47.1 Å². The number of benzene rings is 1. The average Bonchev–Trinajstić information content (AvgIpc) is 3.19. The van der Waals surface area contributed by atoms with Gasteiger partial charge in [0.25, 0.3) is 11.6 Å². The minimum absolute atomic E-state index is 0.000360. The van der Waals surface area contributed by atoms with Gasteiger partial charge in [0.15, 0.2) is 5.76 Å². The fraction of sp³-hybridized carbons (Fsp3) is 0. The smallest absolute Gasteiger partial charge is 0.293 e. The predicted octanol–water partition coefficient (Wildman–Crippen LogP) is 2.96. The highest BCUT2D eigenvalue weighted by atomic mass is 32.1. The molecule has 1 amide bonds. The Morgan fingerprint density at radius 2 is 2.00 bits per heavy atom. The molecular weight excluding hydrogens is 308 g/mol. The van der Waals surface area contributed by atoms with Crippen molar-refractivity contribution in [1.29, 1.82) is 0 Å². The van der Waals surface area contributed by atoms with E-state index in [0.717, 1.165) is 11.3 Å². The molecule has 0 fully saturated rings. The molecule has 2 aromatic heterocycles. The Morgan fingerprint density at radius 3 is 2.64 bits per heavy atom. The van der Waals surface area contributed by atoms with E-state index in [2.05, 4.69) is 15.5 Å². The van der Waals surface area contributed by atoms with E-state index in [0.29, 0.717) is 15.7 Å². The van der Waals surface area contributed by atoms with E-state index >= 15 is 0 Å². The number of nitro groups is 1. The van der Waals surface area contributed by atoms with Crippen LogP contribution in [0.3, 0.4) is 0 Å². The fourth-order valence-corrected chi connectivity index (χ4v) is 2.43. The van der Waals surface area contributed by atoms with Gasteiger partial charge in [0, 0.05) is 17.7 Å². The maximum atomic E-state index is 11.8. The summed E-state index contributed by atoms with van der Waals surface area (Å²) in [7, 11) is 0. The van der Waals surface area contributed by atoms with E-state index in [1.54, 1.807) is 18.2 Å². The number of nitrogens with zero attached hydrogens (tertiary/aromatic N) is 3. The zero-order valence-corrected chi connectivity index (χ0v) is 11.7. The van der Waals surface area contributed by atoms with Crippen LogP contribution in [-0.4, -0.2) is 21.0 Å². The highest BCUT2D eigenvalue weighted by molar-refractivity contribution is 7.18. The van der Waals surface area contributed by atoms with Gasteiger partial charge in [-0.2, -0.15) is 0 Å². The van der Waals surface area contributed by atoms with Crippen LogP contribution in [0.2, 0.25) is 0 Å². The highest BCUT2D eigenvalue weighted by Gasteiger charge is 2.13. The Labute approximate surface area is 127 Å². The molecule has 0 saturated heterocycles. The molecule has 3 aromatic rings. The Morgan fingerprint density at radius 1 is 1.23 bits per heavy atom. The third kappa shape index (κ3) is 2.83. The largest absolute Gasteiger partial charge is 0.459 e. The molecule has 8 nitrogen and oxygen atoms in total. The topological polar surface area (TPSA) is 111 Å². The second kappa shape index (κ2) is 5.74. The molecule has 1 N–H and O–H groups in total. The lowest BCUT2D eigenvalue weighted by Crippen LogP contribution is -2.10. The van der Waals surface area contributed by atoms with Gasteiger partial charge in [-0.25, -0.2) is 0 Å². The average molecular weight is 316 g/mol. The van der Waals surface area contributed by atoms with Gasteiger partial charge in [0.1, 0.15) is 5.01 Å². The van der Waals surface area contributed by atoms with Crippen LogP contribution in [0.4, 0.5) is 10.8 Å². The van der Waals surface area contributed by atoms with Crippen molar-refractivity contribution in [2.24, 2.45) is 0 Å². The number of furan rings is 1. The minimum atomic E-state index is -0.473. The molecule has 0 saturated carbocycles. The normalized spacial score (nSPS) is 10.4. The molecule has 0 aliphatic rings. The molecular formula is C13H8N4O4S. The summed E-state index contributed by atoms with van der Waals surface area (Å²) in [6.45, 7) is 0. The van der Waals surface area contributed by atoms with Crippen molar-refractivity contribution in [2.75, 3.05) is 5.32 Å². The van der Waals surface area contributed by atoms with Gasteiger partial charge in [-0.3, -0.25) is 20.2 Å². The van der Waals surface area contributed by atoms with E-state index in [-0.39, 0.29) is 11.4 Å². The van der Waals surface area contributed by atoms with E-state index in [4.69, 9.17) is 4.42 Å².